The van der Waals surface area contributed by atoms with Crippen LogP contribution < -0.4 is 10.5 Å². The van der Waals surface area contributed by atoms with Gasteiger partial charge in [-0.2, -0.15) is 0 Å². The first kappa shape index (κ1) is 14.1. The molecule has 1 atom stereocenters. The van der Waals surface area contributed by atoms with Gasteiger partial charge in [0.2, 0.25) is 0 Å². The Kier molecular flexibility index (Phi) is 3.29. The van der Waals surface area contributed by atoms with Gasteiger partial charge < -0.3 is 15.0 Å². The average Bonchev–Trinajstić information content (AvgIpc) is 2.81. The number of benzene rings is 1. The second-order valence-corrected chi connectivity index (χ2v) is 6.56. The van der Waals surface area contributed by atoms with Crippen LogP contribution in [0, 0.1) is 11.2 Å². The molecule has 0 saturated carbocycles. The smallest absolute Gasteiger partial charge is 0.145 e. The predicted octanol–water partition coefficient (Wildman–Crippen LogP) is 3.60. The van der Waals surface area contributed by atoms with Crippen LogP contribution in [0.15, 0.2) is 30.5 Å². The van der Waals surface area contributed by atoms with E-state index in [1.165, 1.54) is 23.4 Å². The van der Waals surface area contributed by atoms with Gasteiger partial charge in [0.1, 0.15) is 11.6 Å². The first-order valence-electron chi connectivity index (χ1n) is 7.21. The Hall–Kier alpha value is -1.81. The molecule has 1 unspecified atom stereocenters. The minimum absolute atomic E-state index is 0.0523. The molecule has 0 bridgehead atoms. The van der Waals surface area contributed by atoms with Crippen LogP contribution in [0.25, 0.3) is 5.69 Å². The normalized spacial score (nSPS) is 20.1. The first-order chi connectivity index (χ1) is 9.91. The molecular weight excluding hydrogens is 267 g/mol. The molecule has 0 aliphatic heterocycles. The molecule has 3 rings (SSSR count). The number of aromatic nitrogens is 1. The van der Waals surface area contributed by atoms with Crippen LogP contribution in [-0.2, 0) is 6.42 Å². The Bertz CT molecular complexity index is 675. The molecule has 0 radical (unpaired) electrons. The van der Waals surface area contributed by atoms with E-state index in [9.17, 15) is 4.39 Å². The van der Waals surface area contributed by atoms with Crippen molar-refractivity contribution in [3.8, 4) is 11.4 Å². The summed E-state index contributed by atoms with van der Waals surface area (Å²) >= 11 is 0. The van der Waals surface area contributed by atoms with E-state index in [4.69, 9.17) is 10.5 Å². The molecule has 0 fully saturated rings. The number of nitrogens with two attached hydrogens (primary N) is 1. The van der Waals surface area contributed by atoms with Gasteiger partial charge in [0.15, 0.2) is 0 Å². The van der Waals surface area contributed by atoms with E-state index >= 15 is 0 Å². The van der Waals surface area contributed by atoms with E-state index in [0.29, 0.717) is 5.75 Å². The maximum Gasteiger partial charge on any atom is 0.145 e. The summed E-state index contributed by atoms with van der Waals surface area (Å²) in [6.45, 7) is 4.46. The summed E-state index contributed by atoms with van der Waals surface area (Å²) < 4.78 is 20.8. The summed E-state index contributed by atoms with van der Waals surface area (Å²) in [6.07, 6.45) is 3.93. The highest BCUT2D eigenvalue weighted by Crippen LogP contribution is 2.41. The molecule has 21 heavy (non-hydrogen) atoms. The zero-order chi connectivity index (χ0) is 15.2. The standard InChI is InChI=1S/C17H21FN2O/c1-17(2)9-13(19)12-6-7-20(15(12)10-17)14-5-4-11(18)8-16(14)21-3/h4-8,13H,9-10,19H2,1-3H3. The minimum Gasteiger partial charge on any atom is -0.494 e. The van der Waals surface area contributed by atoms with Crippen molar-refractivity contribution in [3.63, 3.8) is 0 Å². The van der Waals surface area contributed by atoms with Crippen molar-refractivity contribution in [2.75, 3.05) is 7.11 Å². The van der Waals surface area contributed by atoms with Crippen molar-refractivity contribution >= 4 is 0 Å². The minimum atomic E-state index is -0.298. The Balaban J connectivity index is 2.14. The van der Waals surface area contributed by atoms with Gasteiger partial charge in [-0.05, 0) is 42.0 Å². The molecule has 2 aromatic rings. The molecule has 1 aliphatic rings. The highest BCUT2D eigenvalue weighted by Gasteiger charge is 2.32. The zero-order valence-electron chi connectivity index (χ0n) is 12.7. The Morgan fingerprint density at radius 3 is 2.81 bits per heavy atom. The third kappa shape index (κ3) is 2.44. The number of hydrogen-bond acceptors (Lipinski definition) is 2. The quantitative estimate of drug-likeness (QED) is 0.917. The molecule has 112 valence electrons. The van der Waals surface area contributed by atoms with Gasteiger partial charge in [0.05, 0.1) is 12.8 Å². The molecular formula is C17H21FN2O. The first-order valence-corrected chi connectivity index (χ1v) is 7.21. The number of hydrogen-bond donors (Lipinski definition) is 1. The second kappa shape index (κ2) is 4.88. The lowest BCUT2D eigenvalue weighted by Crippen LogP contribution is -2.30. The number of methoxy groups -OCH3 is 1. The summed E-state index contributed by atoms with van der Waals surface area (Å²) in [6, 6.07) is 6.74. The molecule has 1 aliphatic carbocycles. The van der Waals surface area contributed by atoms with Gasteiger partial charge in [0.25, 0.3) is 0 Å². The van der Waals surface area contributed by atoms with Crippen LogP contribution in [0.4, 0.5) is 4.39 Å². The maximum absolute atomic E-state index is 13.4. The van der Waals surface area contributed by atoms with E-state index in [-0.39, 0.29) is 17.3 Å². The van der Waals surface area contributed by atoms with E-state index in [2.05, 4.69) is 24.5 Å². The van der Waals surface area contributed by atoms with Gasteiger partial charge in [0, 0.05) is 24.0 Å². The van der Waals surface area contributed by atoms with E-state index in [0.717, 1.165) is 18.5 Å². The van der Waals surface area contributed by atoms with Crippen molar-refractivity contribution < 1.29 is 9.13 Å². The van der Waals surface area contributed by atoms with Crippen molar-refractivity contribution in [1.82, 2.24) is 4.57 Å². The van der Waals surface area contributed by atoms with Gasteiger partial charge >= 0.3 is 0 Å². The van der Waals surface area contributed by atoms with Crippen LogP contribution in [0.3, 0.4) is 0 Å². The largest absolute Gasteiger partial charge is 0.494 e. The molecule has 4 heteroatoms. The van der Waals surface area contributed by atoms with Gasteiger partial charge in [-0.25, -0.2) is 4.39 Å². The molecule has 3 nitrogen and oxygen atoms in total. The molecule has 1 heterocycles. The lowest BCUT2D eigenvalue weighted by molar-refractivity contribution is 0.278. The summed E-state index contributed by atoms with van der Waals surface area (Å²) in [5.41, 5.74) is 9.70. The molecule has 0 amide bonds. The molecule has 2 N–H and O–H groups in total. The van der Waals surface area contributed by atoms with Crippen LogP contribution >= 0.6 is 0 Å². The van der Waals surface area contributed by atoms with Crippen molar-refractivity contribution in [1.29, 1.82) is 0 Å². The van der Waals surface area contributed by atoms with Crippen molar-refractivity contribution in [2.24, 2.45) is 11.1 Å². The highest BCUT2D eigenvalue weighted by atomic mass is 19.1. The van der Waals surface area contributed by atoms with Crippen LogP contribution in [0.5, 0.6) is 5.75 Å². The van der Waals surface area contributed by atoms with Crippen molar-refractivity contribution in [2.45, 2.75) is 32.7 Å². The lowest BCUT2D eigenvalue weighted by Gasteiger charge is -2.34. The molecule has 0 saturated heterocycles. The molecule has 1 aromatic carbocycles. The monoisotopic (exact) mass is 288 g/mol. The summed E-state index contributed by atoms with van der Waals surface area (Å²) in [5.74, 6) is 0.235. The highest BCUT2D eigenvalue weighted by molar-refractivity contribution is 5.50. The summed E-state index contributed by atoms with van der Waals surface area (Å²) in [7, 11) is 1.56. The fourth-order valence-electron chi connectivity index (χ4n) is 3.31. The number of nitrogens with zero attached hydrogens (tertiary/aromatic N) is 1. The SMILES string of the molecule is COc1cc(F)ccc1-n1ccc2c1CC(C)(C)CC2N. The Morgan fingerprint density at radius 1 is 1.33 bits per heavy atom. The molecule has 0 spiro atoms. The van der Waals surface area contributed by atoms with E-state index in [1.54, 1.807) is 13.2 Å². The second-order valence-electron chi connectivity index (χ2n) is 6.56. The van der Waals surface area contributed by atoms with Crippen LogP contribution in [0.2, 0.25) is 0 Å². The number of ether oxygens (including phenoxy) is 1. The third-order valence-electron chi connectivity index (χ3n) is 4.25. The third-order valence-corrected chi connectivity index (χ3v) is 4.25. The van der Waals surface area contributed by atoms with Crippen molar-refractivity contribution in [3.05, 3.63) is 47.5 Å². The number of rotatable bonds is 2. The summed E-state index contributed by atoms with van der Waals surface area (Å²) in [4.78, 5) is 0. The Morgan fingerprint density at radius 2 is 2.10 bits per heavy atom. The zero-order valence-corrected chi connectivity index (χ0v) is 12.7. The lowest BCUT2D eigenvalue weighted by atomic mass is 9.74. The van der Waals surface area contributed by atoms with Crippen LogP contribution in [-0.4, -0.2) is 11.7 Å². The number of fused-ring (bicyclic) bond motifs is 1. The fourth-order valence-corrected chi connectivity index (χ4v) is 3.31. The topological polar surface area (TPSA) is 40.2 Å². The maximum atomic E-state index is 13.4. The number of halogens is 1. The fraction of sp³-hybridized carbons (Fsp3) is 0.412. The van der Waals surface area contributed by atoms with Gasteiger partial charge in [-0.3, -0.25) is 0 Å². The van der Waals surface area contributed by atoms with Gasteiger partial charge in [-0.15, -0.1) is 0 Å². The molecule has 1 aromatic heterocycles. The van der Waals surface area contributed by atoms with E-state index < -0.39 is 0 Å². The van der Waals surface area contributed by atoms with Crippen LogP contribution in [0.1, 0.15) is 37.6 Å². The van der Waals surface area contributed by atoms with E-state index in [1.807, 2.05) is 6.20 Å². The Labute approximate surface area is 124 Å². The average molecular weight is 288 g/mol. The summed E-state index contributed by atoms with van der Waals surface area (Å²) in [5, 5.41) is 0. The predicted molar refractivity (Wildman–Crippen MR) is 81.3 cm³/mol. The van der Waals surface area contributed by atoms with Gasteiger partial charge in [-0.1, -0.05) is 13.8 Å².